The first kappa shape index (κ1) is 14.6. The molecular weight excluding hydrogens is 258 g/mol. The van der Waals surface area contributed by atoms with Gasteiger partial charge in [-0.15, -0.1) is 0 Å². The fourth-order valence-corrected chi connectivity index (χ4v) is 2.54. The molecule has 7 nitrogen and oxygen atoms in total. The predicted octanol–water partition coefficient (Wildman–Crippen LogP) is -0.666. The molecule has 102 valence electrons. The molecule has 1 unspecified atom stereocenters. The zero-order valence-electron chi connectivity index (χ0n) is 10.1. The third kappa shape index (κ3) is 4.82. The maximum absolute atomic E-state index is 11.8. The van der Waals surface area contributed by atoms with Crippen LogP contribution in [-0.2, 0) is 9.59 Å². The monoisotopic (exact) mass is 275 g/mol. The maximum atomic E-state index is 11.8. The Morgan fingerprint density at radius 2 is 2.06 bits per heavy atom. The average Bonchev–Trinajstić information content (AvgIpc) is 2.34. The van der Waals surface area contributed by atoms with E-state index in [1.807, 2.05) is 6.92 Å². The number of nitrogens with one attached hydrogen (secondary N) is 2. The van der Waals surface area contributed by atoms with Crippen molar-refractivity contribution in [2.75, 3.05) is 31.1 Å². The molecule has 1 aliphatic rings. The third-order valence-corrected chi connectivity index (χ3v) is 3.65. The standard InChI is InChI=1S/C10H17N3O4S/c1-7-6-18-3-2-13(7)10(17)12-4-8(14)11-5-9(15)16/h7H,2-6H2,1H3,(H,11,14)(H,12,17)(H,15,16). The van der Waals surface area contributed by atoms with E-state index in [1.165, 1.54) is 0 Å². The first-order valence-electron chi connectivity index (χ1n) is 5.61. The van der Waals surface area contributed by atoms with Gasteiger partial charge in [-0.3, -0.25) is 9.59 Å². The van der Waals surface area contributed by atoms with Gasteiger partial charge in [-0.25, -0.2) is 4.79 Å². The Balaban J connectivity index is 2.27. The van der Waals surface area contributed by atoms with Gasteiger partial charge in [0.25, 0.3) is 0 Å². The number of nitrogens with zero attached hydrogens (tertiary/aromatic N) is 1. The highest BCUT2D eigenvalue weighted by atomic mass is 32.2. The van der Waals surface area contributed by atoms with Crippen molar-refractivity contribution in [1.29, 1.82) is 0 Å². The van der Waals surface area contributed by atoms with E-state index >= 15 is 0 Å². The Labute approximate surface area is 109 Å². The minimum Gasteiger partial charge on any atom is -0.480 e. The second kappa shape index (κ2) is 7.10. The minimum absolute atomic E-state index is 0.144. The SMILES string of the molecule is CC1CSCCN1C(=O)NCC(=O)NCC(=O)O. The van der Waals surface area contributed by atoms with Crippen molar-refractivity contribution in [3.8, 4) is 0 Å². The van der Waals surface area contributed by atoms with Gasteiger partial charge in [0, 0.05) is 24.1 Å². The number of carboxylic acids is 1. The van der Waals surface area contributed by atoms with Crippen LogP contribution in [0.1, 0.15) is 6.92 Å². The van der Waals surface area contributed by atoms with E-state index in [4.69, 9.17) is 5.11 Å². The summed E-state index contributed by atoms with van der Waals surface area (Å²) in [6.45, 7) is 1.97. The maximum Gasteiger partial charge on any atom is 0.322 e. The number of aliphatic carboxylic acids is 1. The van der Waals surface area contributed by atoms with Crippen molar-refractivity contribution in [1.82, 2.24) is 15.5 Å². The molecule has 1 aliphatic heterocycles. The second-order valence-electron chi connectivity index (χ2n) is 3.95. The van der Waals surface area contributed by atoms with E-state index in [0.717, 1.165) is 11.5 Å². The summed E-state index contributed by atoms with van der Waals surface area (Å²) in [5.74, 6) is 0.155. The van der Waals surface area contributed by atoms with E-state index < -0.39 is 18.4 Å². The number of urea groups is 1. The van der Waals surface area contributed by atoms with Gasteiger partial charge in [-0.1, -0.05) is 0 Å². The molecule has 0 aliphatic carbocycles. The van der Waals surface area contributed by atoms with Crippen LogP contribution in [0.25, 0.3) is 0 Å². The van der Waals surface area contributed by atoms with Crippen LogP contribution < -0.4 is 10.6 Å². The Hall–Kier alpha value is -1.44. The van der Waals surface area contributed by atoms with E-state index in [-0.39, 0.29) is 18.6 Å². The number of hydrogen-bond acceptors (Lipinski definition) is 4. The molecule has 0 bridgehead atoms. The molecular formula is C10H17N3O4S. The molecule has 3 amide bonds. The van der Waals surface area contributed by atoms with Crippen molar-refractivity contribution in [3.05, 3.63) is 0 Å². The highest BCUT2D eigenvalue weighted by Gasteiger charge is 2.23. The van der Waals surface area contributed by atoms with Crippen molar-refractivity contribution < 1.29 is 19.5 Å². The van der Waals surface area contributed by atoms with Gasteiger partial charge in [0.15, 0.2) is 0 Å². The fourth-order valence-electron chi connectivity index (χ4n) is 1.52. The fraction of sp³-hybridized carbons (Fsp3) is 0.700. The zero-order valence-corrected chi connectivity index (χ0v) is 11.0. The van der Waals surface area contributed by atoms with Gasteiger partial charge in [0.1, 0.15) is 6.54 Å². The number of carbonyl (C=O) groups excluding carboxylic acids is 2. The summed E-state index contributed by atoms with van der Waals surface area (Å²) in [6, 6.07) is -0.140. The lowest BCUT2D eigenvalue weighted by molar-refractivity contribution is -0.137. The minimum atomic E-state index is -1.11. The Bertz CT molecular complexity index is 337. The van der Waals surface area contributed by atoms with Crippen molar-refractivity contribution in [2.45, 2.75) is 13.0 Å². The average molecular weight is 275 g/mol. The van der Waals surface area contributed by atoms with Gasteiger partial charge in [-0.2, -0.15) is 11.8 Å². The molecule has 0 radical (unpaired) electrons. The summed E-state index contributed by atoms with van der Waals surface area (Å²) in [6.07, 6.45) is 0. The van der Waals surface area contributed by atoms with Crippen LogP contribution in [-0.4, -0.2) is 65.1 Å². The number of carbonyl (C=O) groups is 3. The molecule has 0 aromatic heterocycles. The quantitative estimate of drug-likeness (QED) is 0.632. The number of carboxylic acid groups (broad SMARTS) is 1. The van der Waals surface area contributed by atoms with Crippen LogP contribution in [0, 0.1) is 0 Å². The van der Waals surface area contributed by atoms with Gasteiger partial charge >= 0.3 is 12.0 Å². The Kier molecular flexibility index (Phi) is 5.76. The number of rotatable bonds is 4. The summed E-state index contributed by atoms with van der Waals surface area (Å²) in [4.78, 5) is 34.9. The highest BCUT2D eigenvalue weighted by molar-refractivity contribution is 7.99. The predicted molar refractivity (Wildman–Crippen MR) is 67.5 cm³/mol. The van der Waals surface area contributed by atoms with E-state index in [2.05, 4.69) is 10.6 Å². The molecule has 8 heteroatoms. The van der Waals surface area contributed by atoms with Gasteiger partial charge in [-0.05, 0) is 6.92 Å². The summed E-state index contributed by atoms with van der Waals surface area (Å²) in [5.41, 5.74) is 0. The number of amides is 3. The summed E-state index contributed by atoms with van der Waals surface area (Å²) in [5, 5.41) is 13.0. The Morgan fingerprint density at radius 3 is 2.67 bits per heavy atom. The summed E-state index contributed by atoms with van der Waals surface area (Å²) < 4.78 is 0. The van der Waals surface area contributed by atoms with Crippen LogP contribution in [0.4, 0.5) is 4.79 Å². The van der Waals surface area contributed by atoms with E-state index in [0.29, 0.717) is 6.54 Å². The zero-order chi connectivity index (χ0) is 13.5. The van der Waals surface area contributed by atoms with Gasteiger partial charge < -0.3 is 20.6 Å². The second-order valence-corrected chi connectivity index (χ2v) is 5.10. The molecule has 1 saturated heterocycles. The molecule has 1 fully saturated rings. The van der Waals surface area contributed by atoms with Gasteiger partial charge in [0.05, 0.1) is 6.54 Å². The normalized spacial score (nSPS) is 19.2. The highest BCUT2D eigenvalue weighted by Crippen LogP contribution is 2.15. The van der Waals surface area contributed by atoms with Crippen LogP contribution >= 0.6 is 11.8 Å². The van der Waals surface area contributed by atoms with Crippen LogP contribution in [0.5, 0.6) is 0 Å². The topological polar surface area (TPSA) is 98.7 Å². The van der Waals surface area contributed by atoms with E-state index in [1.54, 1.807) is 16.7 Å². The molecule has 1 rings (SSSR count). The molecule has 3 N–H and O–H groups in total. The summed E-state index contributed by atoms with van der Waals surface area (Å²) in [7, 11) is 0. The smallest absolute Gasteiger partial charge is 0.322 e. The van der Waals surface area contributed by atoms with E-state index in [9.17, 15) is 14.4 Å². The largest absolute Gasteiger partial charge is 0.480 e. The molecule has 0 aromatic rings. The first-order chi connectivity index (χ1) is 8.50. The van der Waals surface area contributed by atoms with Crippen molar-refractivity contribution >= 4 is 29.7 Å². The molecule has 1 atom stereocenters. The van der Waals surface area contributed by atoms with Crippen LogP contribution in [0.3, 0.4) is 0 Å². The molecule has 0 aromatic carbocycles. The Morgan fingerprint density at radius 1 is 1.33 bits per heavy atom. The molecule has 18 heavy (non-hydrogen) atoms. The first-order valence-corrected chi connectivity index (χ1v) is 6.77. The lowest BCUT2D eigenvalue weighted by atomic mass is 10.3. The van der Waals surface area contributed by atoms with Crippen molar-refractivity contribution in [3.63, 3.8) is 0 Å². The molecule has 1 heterocycles. The molecule has 0 saturated carbocycles. The summed E-state index contributed by atoms with van der Waals surface area (Å²) >= 11 is 1.79. The van der Waals surface area contributed by atoms with Gasteiger partial charge in [0.2, 0.25) is 5.91 Å². The van der Waals surface area contributed by atoms with Crippen LogP contribution in [0.15, 0.2) is 0 Å². The number of hydrogen-bond donors (Lipinski definition) is 3. The van der Waals surface area contributed by atoms with Crippen molar-refractivity contribution in [2.24, 2.45) is 0 Å². The molecule has 0 spiro atoms. The number of thioether (sulfide) groups is 1. The lowest BCUT2D eigenvalue weighted by Gasteiger charge is -2.32. The lowest BCUT2D eigenvalue weighted by Crippen LogP contribution is -2.51. The third-order valence-electron chi connectivity index (χ3n) is 2.47. The van der Waals surface area contributed by atoms with Crippen LogP contribution in [0.2, 0.25) is 0 Å².